The molecule has 0 N–H and O–H groups in total. The van der Waals surface area contributed by atoms with E-state index in [0.717, 1.165) is 0 Å². The fourth-order valence-corrected chi connectivity index (χ4v) is 2.27. The summed E-state index contributed by atoms with van der Waals surface area (Å²) in [6.45, 7) is 3.71. The van der Waals surface area contributed by atoms with Crippen molar-refractivity contribution in [1.82, 2.24) is 4.90 Å². The highest BCUT2D eigenvalue weighted by Crippen LogP contribution is 2.29. The average Bonchev–Trinajstić information content (AvgIpc) is 3.12. The van der Waals surface area contributed by atoms with E-state index in [2.05, 4.69) is 0 Å². The van der Waals surface area contributed by atoms with E-state index < -0.39 is 0 Å². The van der Waals surface area contributed by atoms with Crippen molar-refractivity contribution < 1.29 is 19.0 Å². The van der Waals surface area contributed by atoms with Crippen LogP contribution < -0.4 is 0 Å². The molecule has 0 bridgehead atoms. The molecular formula is C13H23NO4. The fourth-order valence-electron chi connectivity index (χ4n) is 2.27. The lowest BCUT2D eigenvalue weighted by molar-refractivity contribution is -0.142. The Morgan fingerprint density at radius 3 is 2.22 bits per heavy atom. The van der Waals surface area contributed by atoms with Gasteiger partial charge in [0.25, 0.3) is 5.91 Å². The van der Waals surface area contributed by atoms with E-state index in [-0.39, 0.29) is 24.2 Å². The molecule has 0 aromatic carbocycles. The van der Waals surface area contributed by atoms with Crippen LogP contribution in [0.5, 0.6) is 0 Å². The summed E-state index contributed by atoms with van der Waals surface area (Å²) in [5, 5.41) is 0. The van der Waals surface area contributed by atoms with Crippen LogP contribution in [0.4, 0.5) is 0 Å². The standard InChI is InChI=1S/C13H23NO4/c1-9(18-8-10-4-5-10)13(15)14-6-11(16-2)12(7-14)17-3/h9-12H,4-8H2,1-3H3/t9-,11-,12+/m1/s1. The summed E-state index contributed by atoms with van der Waals surface area (Å²) in [6.07, 6.45) is 2.05. The topological polar surface area (TPSA) is 48.0 Å². The predicted molar refractivity (Wildman–Crippen MR) is 66.3 cm³/mol. The summed E-state index contributed by atoms with van der Waals surface area (Å²) in [5.41, 5.74) is 0. The Morgan fingerprint density at radius 2 is 1.78 bits per heavy atom. The van der Waals surface area contributed by atoms with E-state index in [1.54, 1.807) is 19.1 Å². The quantitative estimate of drug-likeness (QED) is 0.702. The summed E-state index contributed by atoms with van der Waals surface area (Å²) >= 11 is 0. The number of amides is 1. The summed E-state index contributed by atoms with van der Waals surface area (Å²) in [7, 11) is 3.30. The highest BCUT2D eigenvalue weighted by molar-refractivity contribution is 5.81. The van der Waals surface area contributed by atoms with Crippen molar-refractivity contribution in [1.29, 1.82) is 0 Å². The maximum atomic E-state index is 12.2. The molecule has 2 aliphatic rings. The van der Waals surface area contributed by atoms with Crippen molar-refractivity contribution in [2.24, 2.45) is 5.92 Å². The largest absolute Gasteiger partial charge is 0.377 e. The third-order valence-electron chi connectivity index (χ3n) is 3.76. The molecule has 1 heterocycles. The summed E-state index contributed by atoms with van der Waals surface area (Å²) in [6, 6.07) is 0. The summed E-state index contributed by atoms with van der Waals surface area (Å²) in [5.74, 6) is 0.717. The Labute approximate surface area is 108 Å². The van der Waals surface area contributed by atoms with E-state index >= 15 is 0 Å². The molecular weight excluding hydrogens is 234 g/mol. The molecule has 1 aliphatic carbocycles. The van der Waals surface area contributed by atoms with Crippen LogP contribution in [0.1, 0.15) is 19.8 Å². The number of likely N-dealkylation sites (tertiary alicyclic amines) is 1. The molecule has 5 heteroatoms. The molecule has 0 aromatic rings. The van der Waals surface area contributed by atoms with Gasteiger partial charge in [0, 0.05) is 27.3 Å². The Bertz CT molecular complexity index is 281. The first-order valence-electron chi connectivity index (χ1n) is 6.61. The molecule has 3 atom stereocenters. The Morgan fingerprint density at radius 1 is 1.22 bits per heavy atom. The molecule has 2 fully saturated rings. The van der Waals surface area contributed by atoms with Crippen molar-refractivity contribution in [3.63, 3.8) is 0 Å². The Kier molecular flexibility index (Phi) is 4.59. The third kappa shape index (κ3) is 3.22. The minimum atomic E-state index is -0.362. The van der Waals surface area contributed by atoms with E-state index in [1.807, 2.05) is 6.92 Å². The van der Waals surface area contributed by atoms with Gasteiger partial charge in [-0.25, -0.2) is 0 Å². The maximum Gasteiger partial charge on any atom is 0.251 e. The lowest BCUT2D eigenvalue weighted by atomic mass is 10.3. The average molecular weight is 257 g/mol. The monoisotopic (exact) mass is 257 g/mol. The fraction of sp³-hybridized carbons (Fsp3) is 0.923. The molecule has 0 spiro atoms. The van der Waals surface area contributed by atoms with Crippen LogP contribution in [0.2, 0.25) is 0 Å². The smallest absolute Gasteiger partial charge is 0.251 e. The molecule has 0 unspecified atom stereocenters. The Hall–Kier alpha value is -0.650. The van der Waals surface area contributed by atoms with Gasteiger partial charge in [0.05, 0.1) is 6.61 Å². The van der Waals surface area contributed by atoms with Gasteiger partial charge in [0.2, 0.25) is 0 Å². The van der Waals surface area contributed by atoms with Gasteiger partial charge in [-0.3, -0.25) is 4.79 Å². The predicted octanol–water partition coefficient (Wildman–Crippen LogP) is 0.674. The first kappa shape index (κ1) is 13.8. The van der Waals surface area contributed by atoms with Crippen molar-refractivity contribution in [3.05, 3.63) is 0 Å². The van der Waals surface area contributed by atoms with Crippen LogP contribution in [0, 0.1) is 5.92 Å². The molecule has 0 aromatic heterocycles. The summed E-state index contributed by atoms with van der Waals surface area (Å²) in [4.78, 5) is 14.0. The molecule has 1 aliphatic heterocycles. The minimum Gasteiger partial charge on any atom is -0.377 e. The second-order valence-electron chi connectivity index (χ2n) is 5.21. The molecule has 5 nitrogen and oxygen atoms in total. The maximum absolute atomic E-state index is 12.2. The van der Waals surface area contributed by atoms with Crippen LogP contribution >= 0.6 is 0 Å². The number of rotatable bonds is 6. The molecule has 1 saturated heterocycles. The zero-order chi connectivity index (χ0) is 13.1. The van der Waals surface area contributed by atoms with Crippen LogP contribution in [0.3, 0.4) is 0 Å². The molecule has 0 radical (unpaired) electrons. The third-order valence-corrected chi connectivity index (χ3v) is 3.76. The number of hydrogen-bond acceptors (Lipinski definition) is 4. The SMILES string of the molecule is CO[C@H]1CN(C(=O)[C@@H](C)OCC2CC2)C[C@H]1OC. The molecule has 18 heavy (non-hydrogen) atoms. The minimum absolute atomic E-state index is 0.0328. The van der Waals surface area contributed by atoms with Gasteiger partial charge >= 0.3 is 0 Å². The normalized spacial score (nSPS) is 29.6. The van der Waals surface area contributed by atoms with Gasteiger partial charge in [-0.15, -0.1) is 0 Å². The number of nitrogens with zero attached hydrogens (tertiary/aromatic N) is 1. The van der Waals surface area contributed by atoms with E-state index in [4.69, 9.17) is 14.2 Å². The lowest BCUT2D eigenvalue weighted by Gasteiger charge is -2.20. The number of carbonyl (C=O) groups excluding carboxylic acids is 1. The number of methoxy groups -OCH3 is 2. The van der Waals surface area contributed by atoms with Gasteiger partial charge in [-0.1, -0.05) is 0 Å². The summed E-state index contributed by atoms with van der Waals surface area (Å²) < 4.78 is 16.3. The highest BCUT2D eigenvalue weighted by Gasteiger charge is 2.37. The van der Waals surface area contributed by atoms with Gasteiger partial charge in [-0.05, 0) is 25.7 Å². The number of ether oxygens (including phenoxy) is 3. The van der Waals surface area contributed by atoms with E-state index in [0.29, 0.717) is 25.6 Å². The molecule has 1 saturated carbocycles. The zero-order valence-electron chi connectivity index (χ0n) is 11.4. The van der Waals surface area contributed by atoms with Crippen molar-refractivity contribution in [3.8, 4) is 0 Å². The lowest BCUT2D eigenvalue weighted by Crippen LogP contribution is -2.38. The van der Waals surface area contributed by atoms with Crippen molar-refractivity contribution in [2.75, 3.05) is 33.9 Å². The van der Waals surface area contributed by atoms with Crippen LogP contribution in [-0.2, 0) is 19.0 Å². The second-order valence-corrected chi connectivity index (χ2v) is 5.21. The van der Waals surface area contributed by atoms with Crippen molar-refractivity contribution in [2.45, 2.75) is 38.1 Å². The van der Waals surface area contributed by atoms with Gasteiger partial charge in [-0.2, -0.15) is 0 Å². The van der Waals surface area contributed by atoms with Gasteiger partial charge < -0.3 is 19.1 Å². The highest BCUT2D eigenvalue weighted by atomic mass is 16.5. The molecule has 2 rings (SSSR count). The first-order chi connectivity index (χ1) is 8.65. The zero-order valence-corrected chi connectivity index (χ0v) is 11.4. The molecule has 104 valence electrons. The Balaban J connectivity index is 1.80. The van der Waals surface area contributed by atoms with Crippen LogP contribution in [0.25, 0.3) is 0 Å². The van der Waals surface area contributed by atoms with Gasteiger partial charge in [0.1, 0.15) is 18.3 Å². The van der Waals surface area contributed by atoms with E-state index in [1.165, 1.54) is 12.8 Å². The van der Waals surface area contributed by atoms with E-state index in [9.17, 15) is 4.79 Å². The second kappa shape index (κ2) is 5.99. The number of carbonyl (C=O) groups is 1. The molecule has 1 amide bonds. The number of hydrogen-bond donors (Lipinski definition) is 0. The van der Waals surface area contributed by atoms with Crippen molar-refractivity contribution >= 4 is 5.91 Å². The first-order valence-corrected chi connectivity index (χ1v) is 6.61. The van der Waals surface area contributed by atoms with Crippen LogP contribution in [-0.4, -0.2) is 63.0 Å². The van der Waals surface area contributed by atoms with Gasteiger partial charge in [0.15, 0.2) is 0 Å². The van der Waals surface area contributed by atoms with Crippen LogP contribution in [0.15, 0.2) is 0 Å².